The fourth-order valence-corrected chi connectivity index (χ4v) is 2.02. The van der Waals surface area contributed by atoms with Gasteiger partial charge in [-0.05, 0) is 31.0 Å². The van der Waals surface area contributed by atoms with Gasteiger partial charge in [-0.1, -0.05) is 32.0 Å². The lowest BCUT2D eigenvalue weighted by Crippen LogP contribution is -2.32. The Hall–Kier alpha value is -1.10. The molecule has 0 saturated heterocycles. The van der Waals surface area contributed by atoms with E-state index >= 15 is 0 Å². The Morgan fingerprint density at radius 3 is 2.57 bits per heavy atom. The molecule has 0 aliphatic rings. The van der Waals surface area contributed by atoms with Gasteiger partial charge in [0.2, 0.25) is 0 Å². The van der Waals surface area contributed by atoms with Crippen LogP contribution in [0, 0.1) is 5.92 Å². The summed E-state index contributed by atoms with van der Waals surface area (Å²) >= 11 is 0. The molecule has 1 aromatic carbocycles. The third kappa shape index (κ3) is 8.71. The summed E-state index contributed by atoms with van der Waals surface area (Å²) in [7, 11) is 2.10. The van der Waals surface area contributed by atoms with E-state index in [1.165, 1.54) is 5.69 Å². The van der Waals surface area contributed by atoms with Crippen molar-refractivity contribution in [2.24, 2.45) is 5.92 Å². The van der Waals surface area contributed by atoms with Crippen LogP contribution in [-0.4, -0.2) is 51.1 Å². The molecule has 1 unspecified atom stereocenters. The van der Waals surface area contributed by atoms with Crippen molar-refractivity contribution in [2.75, 3.05) is 44.8 Å². The lowest BCUT2D eigenvalue weighted by molar-refractivity contribution is 0.0262. The van der Waals surface area contributed by atoms with E-state index in [0.717, 1.165) is 19.5 Å². The molecule has 4 heteroatoms. The molecule has 4 nitrogen and oxygen atoms in total. The highest BCUT2D eigenvalue weighted by Gasteiger charge is 2.05. The molecular formula is C17H30N2O2. The summed E-state index contributed by atoms with van der Waals surface area (Å²) in [6, 6.07) is 10.4. The summed E-state index contributed by atoms with van der Waals surface area (Å²) in [6.07, 6.45) is 0.626. The molecule has 0 radical (unpaired) electrons. The Labute approximate surface area is 129 Å². The summed E-state index contributed by atoms with van der Waals surface area (Å²) < 4.78 is 5.41. The predicted molar refractivity (Wildman–Crippen MR) is 88.9 cm³/mol. The largest absolute Gasteiger partial charge is 0.389 e. The van der Waals surface area contributed by atoms with Crippen LogP contribution in [0.3, 0.4) is 0 Å². The van der Waals surface area contributed by atoms with Crippen molar-refractivity contribution < 1.29 is 9.84 Å². The summed E-state index contributed by atoms with van der Waals surface area (Å²) in [5.41, 5.74) is 1.24. The van der Waals surface area contributed by atoms with Crippen molar-refractivity contribution in [3.8, 4) is 0 Å². The monoisotopic (exact) mass is 294 g/mol. The molecule has 0 amide bonds. The highest BCUT2D eigenvalue weighted by molar-refractivity contribution is 5.44. The zero-order valence-electron chi connectivity index (χ0n) is 13.6. The van der Waals surface area contributed by atoms with E-state index < -0.39 is 6.10 Å². The summed E-state index contributed by atoms with van der Waals surface area (Å²) in [5, 5.41) is 13.0. The van der Waals surface area contributed by atoms with Crippen LogP contribution in [0.15, 0.2) is 30.3 Å². The third-order valence-corrected chi connectivity index (χ3v) is 3.19. The maximum atomic E-state index is 9.75. The number of rotatable bonds is 11. The van der Waals surface area contributed by atoms with Crippen molar-refractivity contribution in [1.29, 1.82) is 0 Å². The smallest absolute Gasteiger partial charge is 0.0897 e. The summed E-state index contributed by atoms with van der Waals surface area (Å²) in [4.78, 5) is 2.24. The standard InChI is InChI=1S/C17H30N2O2/c1-15(2)13-21-14-17(20)12-18-10-7-11-19(3)16-8-5-4-6-9-16/h4-6,8-9,15,17-18,20H,7,10-14H2,1-3H3. The molecule has 1 rings (SSSR count). The molecule has 0 spiro atoms. The molecule has 21 heavy (non-hydrogen) atoms. The fourth-order valence-electron chi connectivity index (χ4n) is 2.02. The first-order chi connectivity index (χ1) is 10.1. The summed E-state index contributed by atoms with van der Waals surface area (Å²) in [5.74, 6) is 0.513. The predicted octanol–water partition coefficient (Wildman–Crippen LogP) is 2.14. The third-order valence-electron chi connectivity index (χ3n) is 3.19. The second-order valence-corrected chi connectivity index (χ2v) is 5.90. The Morgan fingerprint density at radius 2 is 1.90 bits per heavy atom. The maximum Gasteiger partial charge on any atom is 0.0897 e. The Balaban J connectivity index is 2.01. The highest BCUT2D eigenvalue weighted by Crippen LogP contribution is 2.10. The van der Waals surface area contributed by atoms with E-state index in [2.05, 4.69) is 55.4 Å². The van der Waals surface area contributed by atoms with E-state index in [0.29, 0.717) is 25.7 Å². The van der Waals surface area contributed by atoms with E-state index in [4.69, 9.17) is 4.74 Å². The van der Waals surface area contributed by atoms with Gasteiger partial charge in [0.25, 0.3) is 0 Å². The van der Waals surface area contributed by atoms with Crippen LogP contribution < -0.4 is 10.2 Å². The molecule has 120 valence electrons. The Kier molecular flexibility index (Phi) is 9.06. The van der Waals surface area contributed by atoms with Crippen molar-refractivity contribution in [2.45, 2.75) is 26.4 Å². The second-order valence-electron chi connectivity index (χ2n) is 5.90. The van der Waals surface area contributed by atoms with Crippen molar-refractivity contribution >= 4 is 5.69 Å². The first kappa shape index (κ1) is 18.0. The van der Waals surface area contributed by atoms with E-state index in [9.17, 15) is 5.11 Å². The van der Waals surface area contributed by atoms with Crippen LogP contribution in [0.25, 0.3) is 0 Å². The lowest BCUT2D eigenvalue weighted by Gasteiger charge is -2.19. The molecule has 2 N–H and O–H groups in total. The summed E-state index contributed by atoms with van der Waals surface area (Å²) in [6.45, 7) is 7.82. The van der Waals surface area contributed by atoms with Crippen LogP contribution in [0.4, 0.5) is 5.69 Å². The van der Waals surface area contributed by atoms with Crippen molar-refractivity contribution in [3.63, 3.8) is 0 Å². The zero-order valence-corrected chi connectivity index (χ0v) is 13.6. The molecule has 0 heterocycles. The highest BCUT2D eigenvalue weighted by atomic mass is 16.5. The number of nitrogens with zero attached hydrogens (tertiary/aromatic N) is 1. The van der Waals surface area contributed by atoms with Gasteiger partial charge in [0.15, 0.2) is 0 Å². The molecule has 0 fully saturated rings. The van der Waals surface area contributed by atoms with Gasteiger partial charge in [-0.15, -0.1) is 0 Å². The minimum atomic E-state index is -0.421. The number of aliphatic hydroxyl groups is 1. The molecule has 0 aromatic heterocycles. The number of hydrogen-bond donors (Lipinski definition) is 2. The van der Waals surface area contributed by atoms with Crippen LogP contribution in [0.2, 0.25) is 0 Å². The number of hydrogen-bond acceptors (Lipinski definition) is 4. The van der Waals surface area contributed by atoms with Gasteiger partial charge in [-0.2, -0.15) is 0 Å². The number of ether oxygens (including phenoxy) is 1. The van der Waals surface area contributed by atoms with E-state index in [1.807, 2.05) is 6.07 Å². The number of para-hydroxylation sites is 1. The number of nitrogens with one attached hydrogen (secondary N) is 1. The first-order valence-corrected chi connectivity index (χ1v) is 7.82. The fraction of sp³-hybridized carbons (Fsp3) is 0.647. The Morgan fingerprint density at radius 1 is 1.19 bits per heavy atom. The molecule has 0 saturated carbocycles. The topological polar surface area (TPSA) is 44.7 Å². The van der Waals surface area contributed by atoms with Crippen LogP contribution in [-0.2, 0) is 4.74 Å². The minimum Gasteiger partial charge on any atom is -0.389 e. The molecule has 0 aliphatic carbocycles. The van der Waals surface area contributed by atoms with Gasteiger partial charge in [-0.3, -0.25) is 0 Å². The number of benzene rings is 1. The van der Waals surface area contributed by atoms with Crippen molar-refractivity contribution in [3.05, 3.63) is 30.3 Å². The lowest BCUT2D eigenvalue weighted by atomic mass is 10.2. The molecule has 0 aliphatic heterocycles. The Bertz CT molecular complexity index is 357. The molecule has 1 aromatic rings. The quantitative estimate of drug-likeness (QED) is 0.614. The normalized spacial score (nSPS) is 12.6. The second kappa shape index (κ2) is 10.6. The van der Waals surface area contributed by atoms with Gasteiger partial charge in [-0.25, -0.2) is 0 Å². The van der Waals surface area contributed by atoms with Gasteiger partial charge < -0.3 is 20.1 Å². The van der Waals surface area contributed by atoms with Crippen LogP contribution in [0.1, 0.15) is 20.3 Å². The minimum absolute atomic E-state index is 0.412. The first-order valence-electron chi connectivity index (χ1n) is 7.82. The van der Waals surface area contributed by atoms with Gasteiger partial charge in [0, 0.05) is 32.4 Å². The maximum absolute atomic E-state index is 9.75. The molecule has 0 bridgehead atoms. The average molecular weight is 294 g/mol. The van der Waals surface area contributed by atoms with Crippen LogP contribution >= 0.6 is 0 Å². The SMILES string of the molecule is CC(C)COCC(O)CNCCCN(C)c1ccccc1. The van der Waals surface area contributed by atoms with E-state index in [1.54, 1.807) is 0 Å². The van der Waals surface area contributed by atoms with Gasteiger partial charge >= 0.3 is 0 Å². The van der Waals surface area contributed by atoms with Crippen molar-refractivity contribution in [1.82, 2.24) is 5.32 Å². The zero-order chi connectivity index (χ0) is 15.5. The van der Waals surface area contributed by atoms with Gasteiger partial charge in [0.05, 0.1) is 12.7 Å². The number of anilines is 1. The average Bonchev–Trinajstić information content (AvgIpc) is 2.47. The van der Waals surface area contributed by atoms with E-state index in [-0.39, 0.29) is 0 Å². The molecule has 1 atom stereocenters. The van der Waals surface area contributed by atoms with Crippen LogP contribution in [0.5, 0.6) is 0 Å². The number of aliphatic hydroxyl groups excluding tert-OH is 1. The molecular weight excluding hydrogens is 264 g/mol. The van der Waals surface area contributed by atoms with Gasteiger partial charge in [0.1, 0.15) is 0 Å².